The van der Waals surface area contributed by atoms with Crippen molar-refractivity contribution in [3.05, 3.63) is 60.5 Å². The molecule has 0 radical (unpaired) electrons. The molecule has 0 bridgehead atoms. The molecule has 1 aliphatic carbocycles. The number of nitrogens with two attached hydrogens (primary N) is 1. The number of nitrogens with one attached hydrogen (secondary N) is 1. The third-order valence-electron chi connectivity index (χ3n) is 7.99. The molecule has 4 aromatic rings. The monoisotopic (exact) mass is 644 g/mol. The molecule has 10 nitrogen and oxygen atoms in total. The Hall–Kier alpha value is -4.19. The van der Waals surface area contributed by atoms with Crippen LogP contribution in [0.2, 0.25) is 0 Å². The number of ether oxygens (including phenoxy) is 1. The smallest absolute Gasteiger partial charge is 0.406 e. The molecule has 1 aliphatic rings. The number of anilines is 3. The van der Waals surface area contributed by atoms with E-state index in [1.807, 2.05) is 6.07 Å². The first kappa shape index (κ1) is 32.2. The van der Waals surface area contributed by atoms with E-state index >= 15 is 0 Å². The van der Waals surface area contributed by atoms with Gasteiger partial charge in [0.05, 0.1) is 35.4 Å². The second-order valence-corrected chi connectivity index (χ2v) is 12.8. The van der Waals surface area contributed by atoms with Gasteiger partial charge >= 0.3 is 6.18 Å². The van der Waals surface area contributed by atoms with E-state index in [0.717, 1.165) is 31.4 Å². The maximum absolute atomic E-state index is 13.8. The SMILES string of the molecule is COc1cc(S(N)(=O)=O)ccc1N(CC#Cc1cc2c(NC3CCC(N(C)C)CC3)cccc2n1CC(F)(F)F)c1ccon1. The highest BCUT2D eigenvalue weighted by Crippen LogP contribution is 2.35. The first-order valence-corrected chi connectivity index (χ1v) is 15.9. The number of nitrogens with zero attached hydrogens (tertiary/aromatic N) is 4. The van der Waals surface area contributed by atoms with Crippen molar-refractivity contribution < 1.29 is 30.8 Å². The van der Waals surface area contributed by atoms with Gasteiger partial charge in [-0.1, -0.05) is 17.1 Å². The summed E-state index contributed by atoms with van der Waals surface area (Å²) in [6.07, 6.45) is 0.905. The molecule has 240 valence electrons. The Labute approximate surface area is 259 Å². The molecule has 14 heteroatoms. The number of hydrogen-bond acceptors (Lipinski definition) is 8. The Morgan fingerprint density at radius 1 is 1.13 bits per heavy atom. The quantitative estimate of drug-likeness (QED) is 0.235. The fourth-order valence-electron chi connectivity index (χ4n) is 5.72. The molecule has 2 aromatic heterocycles. The van der Waals surface area contributed by atoms with Crippen molar-refractivity contribution in [3.8, 4) is 17.6 Å². The molecular weight excluding hydrogens is 609 g/mol. The Balaban J connectivity index is 1.49. The molecule has 0 aliphatic heterocycles. The van der Waals surface area contributed by atoms with Gasteiger partial charge in [0.2, 0.25) is 10.0 Å². The van der Waals surface area contributed by atoms with E-state index in [2.05, 4.69) is 41.3 Å². The molecule has 2 aromatic carbocycles. The van der Waals surface area contributed by atoms with Gasteiger partial charge in [-0.2, -0.15) is 13.2 Å². The average molecular weight is 645 g/mol. The van der Waals surface area contributed by atoms with E-state index in [0.29, 0.717) is 28.5 Å². The fraction of sp³-hybridized carbons (Fsp3) is 0.387. The predicted octanol–water partition coefficient (Wildman–Crippen LogP) is 5.32. The number of rotatable bonds is 9. The number of methoxy groups -OCH3 is 1. The minimum atomic E-state index is -4.47. The zero-order chi connectivity index (χ0) is 32.4. The number of benzene rings is 2. The third kappa shape index (κ3) is 7.55. The molecule has 1 fully saturated rings. The van der Waals surface area contributed by atoms with Crippen LogP contribution in [0.3, 0.4) is 0 Å². The summed E-state index contributed by atoms with van der Waals surface area (Å²) < 4.78 is 76.7. The number of primary sulfonamides is 1. The number of aromatic nitrogens is 2. The summed E-state index contributed by atoms with van der Waals surface area (Å²) in [5.41, 5.74) is 1.80. The van der Waals surface area contributed by atoms with E-state index in [-0.39, 0.29) is 28.9 Å². The normalized spacial score (nSPS) is 17.2. The Kier molecular flexibility index (Phi) is 9.33. The highest BCUT2D eigenvalue weighted by Gasteiger charge is 2.30. The first-order chi connectivity index (χ1) is 21.3. The van der Waals surface area contributed by atoms with Crippen LogP contribution in [-0.2, 0) is 16.6 Å². The van der Waals surface area contributed by atoms with Gasteiger partial charge in [-0.3, -0.25) is 0 Å². The molecule has 0 amide bonds. The van der Waals surface area contributed by atoms with Crippen molar-refractivity contribution in [2.24, 2.45) is 5.14 Å². The molecule has 0 saturated heterocycles. The highest BCUT2D eigenvalue weighted by molar-refractivity contribution is 7.89. The van der Waals surface area contributed by atoms with Crippen molar-refractivity contribution in [2.45, 2.75) is 55.4 Å². The van der Waals surface area contributed by atoms with E-state index in [1.165, 1.54) is 36.1 Å². The second-order valence-electron chi connectivity index (χ2n) is 11.2. The largest absolute Gasteiger partial charge is 0.495 e. The number of sulfonamides is 1. The minimum Gasteiger partial charge on any atom is -0.495 e. The average Bonchev–Trinajstić information content (AvgIpc) is 3.63. The van der Waals surface area contributed by atoms with Crippen LogP contribution >= 0.6 is 0 Å². The van der Waals surface area contributed by atoms with Gasteiger partial charge in [0.1, 0.15) is 18.6 Å². The molecular formula is C31H35F3N6O4S. The molecule has 0 atom stereocenters. The lowest BCUT2D eigenvalue weighted by Crippen LogP contribution is -2.36. The molecule has 2 heterocycles. The molecule has 1 saturated carbocycles. The van der Waals surface area contributed by atoms with Gasteiger partial charge < -0.3 is 28.9 Å². The van der Waals surface area contributed by atoms with Crippen molar-refractivity contribution in [1.29, 1.82) is 0 Å². The van der Waals surface area contributed by atoms with Crippen molar-refractivity contribution >= 4 is 38.1 Å². The Morgan fingerprint density at radius 3 is 2.51 bits per heavy atom. The van der Waals surface area contributed by atoms with Crippen LogP contribution in [0.1, 0.15) is 31.4 Å². The summed E-state index contributed by atoms with van der Waals surface area (Å²) in [5.74, 6) is 6.41. The minimum absolute atomic E-state index is 0.0363. The van der Waals surface area contributed by atoms with Crippen LogP contribution < -0.4 is 20.1 Å². The summed E-state index contributed by atoms with van der Waals surface area (Å²) in [6, 6.07) is 13.4. The van der Waals surface area contributed by atoms with Crippen molar-refractivity contribution in [3.63, 3.8) is 0 Å². The van der Waals surface area contributed by atoms with Crippen LogP contribution in [0.15, 0.2) is 64.2 Å². The van der Waals surface area contributed by atoms with Gasteiger partial charge in [-0.25, -0.2) is 13.6 Å². The Bertz CT molecular complexity index is 1800. The lowest BCUT2D eigenvalue weighted by Gasteiger charge is -2.33. The molecule has 5 rings (SSSR count). The van der Waals surface area contributed by atoms with Gasteiger partial charge in [0.15, 0.2) is 5.82 Å². The fourth-order valence-corrected chi connectivity index (χ4v) is 6.25. The van der Waals surface area contributed by atoms with Crippen LogP contribution in [-0.4, -0.2) is 69.1 Å². The summed E-state index contributed by atoms with van der Waals surface area (Å²) in [4.78, 5) is 3.68. The molecule has 0 spiro atoms. The predicted molar refractivity (Wildman–Crippen MR) is 166 cm³/mol. The summed E-state index contributed by atoms with van der Waals surface area (Å²) >= 11 is 0. The van der Waals surface area contributed by atoms with E-state index in [4.69, 9.17) is 14.4 Å². The summed E-state index contributed by atoms with van der Waals surface area (Å²) in [6.45, 7) is -1.24. The second kappa shape index (κ2) is 13.0. The van der Waals surface area contributed by atoms with Crippen molar-refractivity contribution in [1.82, 2.24) is 14.6 Å². The number of hydrogen-bond donors (Lipinski definition) is 2. The van der Waals surface area contributed by atoms with Crippen molar-refractivity contribution in [2.75, 3.05) is 38.0 Å². The lowest BCUT2D eigenvalue weighted by molar-refractivity contribution is -0.140. The maximum atomic E-state index is 13.8. The van der Waals surface area contributed by atoms with Crippen LogP contribution in [0.4, 0.5) is 30.4 Å². The van der Waals surface area contributed by atoms with E-state index < -0.39 is 22.7 Å². The molecule has 3 N–H and O–H groups in total. The zero-order valence-electron chi connectivity index (χ0n) is 25.1. The number of alkyl halides is 3. The topological polar surface area (TPSA) is 119 Å². The van der Waals surface area contributed by atoms with Crippen LogP contribution in [0.5, 0.6) is 5.75 Å². The van der Waals surface area contributed by atoms with E-state index in [1.54, 1.807) is 29.2 Å². The Morgan fingerprint density at radius 2 is 1.89 bits per heavy atom. The molecule has 45 heavy (non-hydrogen) atoms. The van der Waals surface area contributed by atoms with Crippen LogP contribution in [0, 0.1) is 11.8 Å². The third-order valence-corrected chi connectivity index (χ3v) is 8.91. The van der Waals surface area contributed by atoms with E-state index in [9.17, 15) is 21.6 Å². The number of halogens is 3. The van der Waals surface area contributed by atoms with Gasteiger partial charge in [0, 0.05) is 35.3 Å². The van der Waals surface area contributed by atoms with Gasteiger partial charge in [-0.15, -0.1) is 0 Å². The number of fused-ring (bicyclic) bond motifs is 1. The standard InChI is InChI=1S/C31H35F3N6O4S/c1-38(2)22-11-9-21(10-12-22)36-26-7-4-8-27-25(26)18-23(40(27)20-31(32,33)34)6-5-16-39(30-15-17-44-37-30)28-14-13-24(45(35,41)42)19-29(28)43-3/h4,7-8,13-15,17-19,21-22,36H,9-12,16,20H2,1-3H3,(H2,35,41,42). The zero-order valence-corrected chi connectivity index (χ0v) is 26.0. The van der Waals surface area contributed by atoms with Gasteiger partial charge in [-0.05, 0) is 76.0 Å². The highest BCUT2D eigenvalue weighted by atomic mass is 32.2. The maximum Gasteiger partial charge on any atom is 0.406 e. The summed E-state index contributed by atoms with van der Waals surface area (Å²) in [7, 11) is 1.53. The van der Waals surface area contributed by atoms with Gasteiger partial charge in [0.25, 0.3) is 0 Å². The first-order valence-electron chi connectivity index (χ1n) is 14.3. The van der Waals surface area contributed by atoms with Crippen LogP contribution in [0.25, 0.3) is 10.9 Å². The lowest BCUT2D eigenvalue weighted by atomic mass is 9.90. The molecule has 0 unspecified atom stereocenters. The summed E-state index contributed by atoms with van der Waals surface area (Å²) in [5, 5.41) is 13.5.